The number of aromatic nitrogens is 1. The molecule has 1 N–H and O–H groups in total. The van der Waals surface area contributed by atoms with Crippen LogP contribution in [0.1, 0.15) is 16.1 Å². The first kappa shape index (κ1) is 16.5. The third kappa shape index (κ3) is 3.30. The molecule has 2 heterocycles. The monoisotopic (exact) mass is 340 g/mol. The zero-order valence-corrected chi connectivity index (χ0v) is 13.7. The number of nitrogens with zero attached hydrogens (tertiary/aromatic N) is 1. The summed E-state index contributed by atoms with van der Waals surface area (Å²) in [5.74, 6) is -0.00495. The summed E-state index contributed by atoms with van der Waals surface area (Å²) < 4.78 is 15.1. The lowest BCUT2D eigenvalue weighted by atomic mass is 10.1. The quantitative estimate of drug-likeness (QED) is 0.718. The molecule has 3 rings (SSSR count). The Morgan fingerprint density at radius 1 is 1.20 bits per heavy atom. The highest BCUT2D eigenvalue weighted by Gasteiger charge is 2.19. The molecule has 25 heavy (non-hydrogen) atoms. The third-order valence-electron chi connectivity index (χ3n) is 3.72. The number of pyridine rings is 1. The van der Waals surface area contributed by atoms with Gasteiger partial charge in [-0.2, -0.15) is 0 Å². The first-order chi connectivity index (χ1) is 12.1. The molecule has 3 aromatic rings. The number of methoxy groups -OCH3 is 2. The Kier molecular flexibility index (Phi) is 4.65. The summed E-state index contributed by atoms with van der Waals surface area (Å²) in [4.78, 5) is 28.3. The molecule has 0 aliphatic heterocycles. The van der Waals surface area contributed by atoms with Crippen LogP contribution in [0.4, 0.5) is 5.69 Å². The molecule has 0 bridgehead atoms. The number of esters is 1. The second-order valence-corrected chi connectivity index (χ2v) is 5.18. The highest BCUT2D eigenvalue weighted by molar-refractivity contribution is 6.10. The Morgan fingerprint density at radius 2 is 2.04 bits per heavy atom. The van der Waals surface area contributed by atoms with Crippen molar-refractivity contribution in [2.45, 2.75) is 6.42 Å². The molecule has 1 aromatic carbocycles. The highest BCUT2D eigenvalue weighted by Crippen LogP contribution is 2.30. The van der Waals surface area contributed by atoms with Gasteiger partial charge in [0.15, 0.2) is 0 Å². The Labute approximate surface area is 143 Å². The first-order valence-corrected chi connectivity index (χ1v) is 7.50. The van der Waals surface area contributed by atoms with E-state index in [-0.39, 0.29) is 23.7 Å². The molecule has 7 nitrogen and oxygen atoms in total. The van der Waals surface area contributed by atoms with Gasteiger partial charge in [-0.1, -0.05) is 0 Å². The van der Waals surface area contributed by atoms with Crippen molar-refractivity contribution in [1.29, 1.82) is 0 Å². The van der Waals surface area contributed by atoms with Crippen molar-refractivity contribution >= 4 is 28.5 Å². The van der Waals surface area contributed by atoms with Gasteiger partial charge in [0.2, 0.25) is 0 Å². The number of fused-ring (bicyclic) bond motifs is 1. The van der Waals surface area contributed by atoms with Gasteiger partial charge >= 0.3 is 5.97 Å². The van der Waals surface area contributed by atoms with E-state index >= 15 is 0 Å². The van der Waals surface area contributed by atoms with Crippen LogP contribution in [0.3, 0.4) is 0 Å². The Bertz CT molecular complexity index is 932. The molecule has 7 heteroatoms. The molecule has 0 aliphatic carbocycles. The normalized spacial score (nSPS) is 10.5. The Hall–Kier alpha value is -3.35. The fourth-order valence-electron chi connectivity index (χ4n) is 2.49. The maximum atomic E-state index is 12.6. The first-order valence-electron chi connectivity index (χ1n) is 7.50. The van der Waals surface area contributed by atoms with Gasteiger partial charge in [0.1, 0.15) is 23.4 Å². The number of furan rings is 1. The molecule has 0 radical (unpaired) electrons. The summed E-state index contributed by atoms with van der Waals surface area (Å²) in [6.07, 6.45) is 2.90. The lowest BCUT2D eigenvalue weighted by molar-refractivity contribution is -0.140. The number of nitrogens with one attached hydrogen (secondary N) is 1. The molecular formula is C18H16N2O5. The van der Waals surface area contributed by atoms with E-state index in [1.807, 2.05) is 6.07 Å². The molecule has 1 amide bonds. The van der Waals surface area contributed by atoms with Crippen molar-refractivity contribution in [2.24, 2.45) is 0 Å². The summed E-state index contributed by atoms with van der Waals surface area (Å²) in [7, 11) is 2.84. The van der Waals surface area contributed by atoms with Crippen LogP contribution in [0.5, 0.6) is 5.75 Å². The SMILES string of the molecule is COC(=O)Cc1occc1C(=O)Nc1ccc(OC)c2ncccc12. The summed E-state index contributed by atoms with van der Waals surface area (Å²) in [6, 6.07) is 8.59. The molecule has 0 saturated heterocycles. The minimum absolute atomic E-state index is 0.114. The van der Waals surface area contributed by atoms with E-state index in [1.165, 1.54) is 19.4 Å². The number of hydrogen-bond acceptors (Lipinski definition) is 6. The number of ether oxygens (including phenoxy) is 2. The van der Waals surface area contributed by atoms with Crippen molar-refractivity contribution < 1.29 is 23.5 Å². The van der Waals surface area contributed by atoms with Crippen molar-refractivity contribution in [3.63, 3.8) is 0 Å². The zero-order valence-electron chi connectivity index (χ0n) is 13.7. The van der Waals surface area contributed by atoms with Gasteiger partial charge in [-0.15, -0.1) is 0 Å². The number of carbonyl (C=O) groups excluding carboxylic acids is 2. The summed E-state index contributed by atoms with van der Waals surface area (Å²) >= 11 is 0. The van der Waals surface area contributed by atoms with Gasteiger partial charge < -0.3 is 19.2 Å². The van der Waals surface area contributed by atoms with Crippen LogP contribution >= 0.6 is 0 Å². The van der Waals surface area contributed by atoms with Crippen molar-refractivity contribution in [2.75, 3.05) is 19.5 Å². The smallest absolute Gasteiger partial charge is 0.313 e. The predicted octanol–water partition coefficient (Wildman–Crippen LogP) is 2.80. The number of carbonyl (C=O) groups is 2. The van der Waals surface area contributed by atoms with Gasteiger partial charge in [-0.3, -0.25) is 14.6 Å². The van der Waals surface area contributed by atoms with Crippen LogP contribution in [0.15, 0.2) is 47.2 Å². The largest absolute Gasteiger partial charge is 0.494 e. The second-order valence-electron chi connectivity index (χ2n) is 5.18. The van der Waals surface area contributed by atoms with Crippen LogP contribution in [-0.4, -0.2) is 31.1 Å². The number of amides is 1. The number of benzene rings is 1. The topological polar surface area (TPSA) is 90.7 Å². The standard InChI is InChI=1S/C18H16N2O5/c1-23-14-6-5-13(11-4-3-8-19-17(11)14)20-18(22)12-7-9-25-15(12)10-16(21)24-2/h3-9H,10H2,1-2H3,(H,20,22). The molecule has 0 spiro atoms. The van der Waals surface area contributed by atoms with E-state index in [1.54, 1.807) is 31.5 Å². The second kappa shape index (κ2) is 7.04. The third-order valence-corrected chi connectivity index (χ3v) is 3.72. The number of rotatable bonds is 5. The van der Waals surface area contributed by atoms with Gasteiger partial charge in [0.05, 0.1) is 31.7 Å². The van der Waals surface area contributed by atoms with Crippen LogP contribution in [0, 0.1) is 0 Å². The van der Waals surface area contributed by atoms with Crippen molar-refractivity contribution in [3.8, 4) is 5.75 Å². The van der Waals surface area contributed by atoms with E-state index in [4.69, 9.17) is 9.15 Å². The van der Waals surface area contributed by atoms with Gasteiger partial charge in [0.25, 0.3) is 5.91 Å². The fourth-order valence-corrected chi connectivity index (χ4v) is 2.49. The fraction of sp³-hybridized carbons (Fsp3) is 0.167. The van der Waals surface area contributed by atoms with E-state index in [9.17, 15) is 9.59 Å². The summed E-state index contributed by atoms with van der Waals surface area (Å²) in [5.41, 5.74) is 1.50. The van der Waals surface area contributed by atoms with Crippen LogP contribution in [0.2, 0.25) is 0 Å². The number of anilines is 1. The van der Waals surface area contributed by atoms with E-state index in [0.29, 0.717) is 17.0 Å². The van der Waals surface area contributed by atoms with Crippen molar-refractivity contribution in [3.05, 3.63) is 54.1 Å². The van der Waals surface area contributed by atoms with Gasteiger partial charge in [-0.25, -0.2) is 0 Å². The van der Waals surface area contributed by atoms with Crippen molar-refractivity contribution in [1.82, 2.24) is 4.98 Å². The maximum Gasteiger partial charge on any atom is 0.313 e. The molecule has 0 atom stereocenters. The zero-order chi connectivity index (χ0) is 17.8. The molecule has 2 aromatic heterocycles. The van der Waals surface area contributed by atoms with Crippen LogP contribution in [-0.2, 0) is 16.0 Å². The summed E-state index contributed by atoms with van der Waals surface area (Å²) in [6.45, 7) is 0. The molecule has 0 unspecified atom stereocenters. The minimum atomic E-state index is -0.483. The molecule has 0 saturated carbocycles. The van der Waals surface area contributed by atoms with Gasteiger partial charge in [0, 0.05) is 11.6 Å². The molecule has 0 aliphatic rings. The summed E-state index contributed by atoms with van der Waals surface area (Å²) in [5, 5.41) is 3.57. The maximum absolute atomic E-state index is 12.6. The average molecular weight is 340 g/mol. The molecular weight excluding hydrogens is 324 g/mol. The number of hydrogen-bond donors (Lipinski definition) is 1. The Balaban J connectivity index is 1.91. The molecule has 0 fully saturated rings. The van der Waals surface area contributed by atoms with E-state index < -0.39 is 5.97 Å². The molecule has 128 valence electrons. The predicted molar refractivity (Wildman–Crippen MR) is 90.7 cm³/mol. The van der Waals surface area contributed by atoms with E-state index in [2.05, 4.69) is 15.0 Å². The van der Waals surface area contributed by atoms with Crippen LogP contribution in [0.25, 0.3) is 10.9 Å². The van der Waals surface area contributed by atoms with E-state index in [0.717, 1.165) is 5.39 Å². The lowest BCUT2D eigenvalue weighted by Gasteiger charge is -2.11. The Morgan fingerprint density at radius 3 is 2.80 bits per heavy atom. The highest BCUT2D eigenvalue weighted by atomic mass is 16.5. The minimum Gasteiger partial charge on any atom is -0.494 e. The van der Waals surface area contributed by atoms with Gasteiger partial charge in [-0.05, 0) is 30.3 Å². The lowest BCUT2D eigenvalue weighted by Crippen LogP contribution is -2.15. The average Bonchev–Trinajstić information content (AvgIpc) is 3.10. The van der Waals surface area contributed by atoms with Crippen LogP contribution < -0.4 is 10.1 Å².